The van der Waals surface area contributed by atoms with E-state index in [0.717, 1.165) is 23.5 Å². The quantitative estimate of drug-likeness (QED) is 0.0405. The van der Waals surface area contributed by atoms with Crippen molar-refractivity contribution in [1.82, 2.24) is 0 Å². The van der Waals surface area contributed by atoms with E-state index < -0.39 is 12.3 Å². The molecule has 0 aromatic heterocycles. The molecule has 1 aliphatic carbocycles. The number of aliphatic hydroxyl groups excluding tert-OH is 3. The fourth-order valence-corrected chi connectivity index (χ4v) is 6.05. The lowest BCUT2D eigenvalue weighted by Gasteiger charge is -2.30. The molecular weight excluding hydrogens is 540 g/mol. The predicted octanol–water partition coefficient (Wildman–Crippen LogP) is 8.03. The highest BCUT2D eigenvalue weighted by Gasteiger charge is 2.24. The minimum Gasteiger partial charge on any atom is -0.461 e. The molecule has 1 aliphatic rings. The number of unbranched alkanes of at least 4 members (excludes halogenated alkanes) is 4. The van der Waals surface area contributed by atoms with E-state index in [1.165, 1.54) is 81.4 Å². The summed E-state index contributed by atoms with van der Waals surface area (Å²) < 4.78 is 11.3. The third kappa shape index (κ3) is 10.6. The van der Waals surface area contributed by atoms with Crippen LogP contribution in [0.3, 0.4) is 0 Å². The van der Waals surface area contributed by atoms with Gasteiger partial charge < -0.3 is 24.8 Å². The van der Waals surface area contributed by atoms with Crippen LogP contribution >= 0.6 is 0 Å². The molecule has 6 nitrogen and oxygen atoms in total. The number of carbonyl (C=O) groups excluding carboxylic acids is 1. The standard InChI is InChI=1S/C37H52O6/c1-5-7-8-9-10-11-28-12-14-30(15-13-28)35-17-16-31(22-29(35)6-2)32-23-33(42-36(40)26(3)18-20-38)25-34(24-32)43-37(41)27(4)19-21-39/h16-17,22-25,28,30,36,38-40H,3-15,18-21H2,1-2H3. The largest absolute Gasteiger partial charge is 0.461 e. The average molecular weight is 593 g/mol. The van der Waals surface area contributed by atoms with Crippen molar-refractivity contribution in [2.24, 2.45) is 5.92 Å². The third-order valence-corrected chi connectivity index (χ3v) is 8.68. The number of hydrogen-bond acceptors (Lipinski definition) is 6. The van der Waals surface area contributed by atoms with Gasteiger partial charge in [0.15, 0.2) is 0 Å². The molecule has 43 heavy (non-hydrogen) atoms. The molecule has 1 fully saturated rings. The summed E-state index contributed by atoms with van der Waals surface area (Å²) in [6, 6.07) is 11.7. The third-order valence-electron chi connectivity index (χ3n) is 8.68. The first kappa shape index (κ1) is 34.6. The molecule has 0 bridgehead atoms. The van der Waals surface area contributed by atoms with E-state index >= 15 is 0 Å². The van der Waals surface area contributed by atoms with Gasteiger partial charge >= 0.3 is 5.97 Å². The Bertz CT molecular complexity index is 1190. The number of carbonyl (C=O) groups is 1. The SMILES string of the molecule is C=C(CCO)C(=O)Oc1cc(OC(O)C(=C)CCO)cc(-c2ccc(C3CCC(CCCCCCC)CC3)c(CC)c2)c1. The number of aliphatic hydroxyl groups is 3. The van der Waals surface area contributed by atoms with E-state index in [-0.39, 0.29) is 37.4 Å². The van der Waals surface area contributed by atoms with Crippen LogP contribution in [0.25, 0.3) is 11.1 Å². The summed E-state index contributed by atoms with van der Waals surface area (Å²) in [5, 5.41) is 28.9. The van der Waals surface area contributed by atoms with Crippen molar-refractivity contribution < 1.29 is 29.6 Å². The zero-order chi connectivity index (χ0) is 31.2. The van der Waals surface area contributed by atoms with Crippen molar-refractivity contribution in [3.05, 3.63) is 71.8 Å². The summed E-state index contributed by atoms with van der Waals surface area (Å²) in [5.74, 6) is 1.35. The molecule has 0 amide bonds. The van der Waals surface area contributed by atoms with Crippen LogP contribution in [-0.2, 0) is 11.2 Å². The number of esters is 1. The fraction of sp³-hybridized carbons (Fsp3) is 0.541. The summed E-state index contributed by atoms with van der Waals surface area (Å²) in [7, 11) is 0. The van der Waals surface area contributed by atoms with E-state index in [4.69, 9.17) is 9.47 Å². The van der Waals surface area contributed by atoms with E-state index in [0.29, 0.717) is 17.2 Å². The molecule has 1 saturated carbocycles. The van der Waals surface area contributed by atoms with E-state index in [1.54, 1.807) is 12.1 Å². The summed E-state index contributed by atoms with van der Waals surface area (Å²) in [6.07, 6.45) is 13.1. The van der Waals surface area contributed by atoms with Crippen LogP contribution in [0.2, 0.25) is 0 Å². The smallest absolute Gasteiger partial charge is 0.338 e. The molecule has 236 valence electrons. The molecule has 0 heterocycles. The van der Waals surface area contributed by atoms with Crippen molar-refractivity contribution in [3.63, 3.8) is 0 Å². The molecule has 0 radical (unpaired) electrons. The molecule has 1 atom stereocenters. The van der Waals surface area contributed by atoms with E-state index in [2.05, 4.69) is 45.2 Å². The predicted molar refractivity (Wildman–Crippen MR) is 173 cm³/mol. The maximum absolute atomic E-state index is 12.6. The Morgan fingerprint density at radius 3 is 2.26 bits per heavy atom. The van der Waals surface area contributed by atoms with Crippen molar-refractivity contribution in [1.29, 1.82) is 0 Å². The number of rotatable bonds is 18. The van der Waals surface area contributed by atoms with Gasteiger partial charge in [-0.25, -0.2) is 4.79 Å². The second-order valence-corrected chi connectivity index (χ2v) is 11.9. The summed E-state index contributed by atoms with van der Waals surface area (Å²) >= 11 is 0. The lowest BCUT2D eigenvalue weighted by Crippen LogP contribution is -2.19. The Morgan fingerprint density at radius 1 is 0.884 bits per heavy atom. The Morgan fingerprint density at radius 2 is 1.58 bits per heavy atom. The monoisotopic (exact) mass is 592 g/mol. The molecule has 6 heteroatoms. The Labute approximate surface area is 258 Å². The molecule has 3 rings (SSSR count). The maximum Gasteiger partial charge on any atom is 0.338 e. The van der Waals surface area contributed by atoms with E-state index in [9.17, 15) is 20.1 Å². The van der Waals surface area contributed by atoms with Gasteiger partial charge in [-0.1, -0.05) is 83.7 Å². The van der Waals surface area contributed by atoms with Gasteiger partial charge in [0.25, 0.3) is 0 Å². The molecular formula is C37H52O6. The normalized spacial score (nSPS) is 17.3. The fourth-order valence-electron chi connectivity index (χ4n) is 6.05. The van der Waals surface area contributed by atoms with Crippen LogP contribution in [0.5, 0.6) is 11.5 Å². The van der Waals surface area contributed by atoms with Gasteiger partial charge in [-0.3, -0.25) is 0 Å². The lowest BCUT2D eigenvalue weighted by atomic mass is 9.75. The van der Waals surface area contributed by atoms with Gasteiger partial charge in [-0.15, -0.1) is 0 Å². The van der Waals surface area contributed by atoms with Crippen LogP contribution in [0.15, 0.2) is 60.7 Å². The van der Waals surface area contributed by atoms with Gasteiger partial charge in [0.05, 0.1) is 0 Å². The molecule has 2 aromatic rings. The lowest BCUT2D eigenvalue weighted by molar-refractivity contribution is -0.130. The Hall–Kier alpha value is -2.93. The van der Waals surface area contributed by atoms with Gasteiger partial charge in [-0.05, 0) is 90.3 Å². The first-order valence-corrected chi connectivity index (χ1v) is 16.2. The first-order valence-electron chi connectivity index (χ1n) is 16.2. The highest BCUT2D eigenvalue weighted by Crippen LogP contribution is 2.40. The second kappa shape index (κ2) is 18.0. The second-order valence-electron chi connectivity index (χ2n) is 11.9. The van der Waals surface area contributed by atoms with Gasteiger partial charge in [0, 0.05) is 31.3 Å². The maximum atomic E-state index is 12.6. The van der Waals surface area contributed by atoms with Crippen LogP contribution in [0.4, 0.5) is 0 Å². The van der Waals surface area contributed by atoms with Gasteiger partial charge in [0.2, 0.25) is 6.29 Å². The molecule has 2 aromatic carbocycles. The van der Waals surface area contributed by atoms with Crippen LogP contribution in [-0.4, -0.2) is 40.8 Å². The average Bonchev–Trinajstić information content (AvgIpc) is 3.01. The molecule has 1 unspecified atom stereocenters. The zero-order valence-electron chi connectivity index (χ0n) is 26.3. The number of benzene rings is 2. The van der Waals surface area contributed by atoms with E-state index in [1.807, 2.05) is 0 Å². The summed E-state index contributed by atoms with van der Waals surface area (Å²) in [4.78, 5) is 12.6. The first-order chi connectivity index (χ1) is 20.8. The molecule has 0 spiro atoms. The van der Waals surface area contributed by atoms with Gasteiger partial charge in [-0.2, -0.15) is 0 Å². The molecule has 3 N–H and O–H groups in total. The van der Waals surface area contributed by atoms with Crippen molar-refractivity contribution in [2.45, 2.75) is 110 Å². The molecule has 0 aliphatic heterocycles. The van der Waals surface area contributed by atoms with Gasteiger partial charge in [0.1, 0.15) is 11.5 Å². The topological polar surface area (TPSA) is 96.2 Å². The highest BCUT2D eigenvalue weighted by molar-refractivity contribution is 5.89. The zero-order valence-corrected chi connectivity index (χ0v) is 26.3. The molecule has 0 saturated heterocycles. The van der Waals surface area contributed by atoms with Crippen molar-refractivity contribution in [2.75, 3.05) is 13.2 Å². The summed E-state index contributed by atoms with van der Waals surface area (Å²) in [6.45, 7) is 11.6. The van der Waals surface area contributed by atoms with Crippen molar-refractivity contribution in [3.8, 4) is 22.6 Å². The van der Waals surface area contributed by atoms with Crippen LogP contribution in [0, 0.1) is 5.92 Å². The Kier molecular flexibility index (Phi) is 14.5. The highest BCUT2D eigenvalue weighted by atomic mass is 16.6. The minimum absolute atomic E-state index is 0.115. The summed E-state index contributed by atoms with van der Waals surface area (Å²) in [5.41, 5.74) is 4.99. The van der Waals surface area contributed by atoms with Crippen molar-refractivity contribution >= 4 is 5.97 Å². The Balaban J connectivity index is 1.80. The number of hydrogen-bond donors (Lipinski definition) is 3. The number of aryl methyl sites for hydroxylation is 1. The van der Waals surface area contributed by atoms with Crippen LogP contribution < -0.4 is 9.47 Å². The minimum atomic E-state index is -1.32. The van der Waals surface area contributed by atoms with Crippen LogP contribution in [0.1, 0.15) is 108 Å². The number of ether oxygens (including phenoxy) is 2.